The van der Waals surface area contributed by atoms with Gasteiger partial charge in [0.1, 0.15) is 5.82 Å². The average Bonchev–Trinajstić information content (AvgIpc) is 2.30. The molecule has 1 heterocycles. The molecule has 0 fully saturated rings. The van der Waals surface area contributed by atoms with Crippen LogP contribution in [0.15, 0.2) is 18.5 Å². The Hall–Kier alpha value is -0.920. The van der Waals surface area contributed by atoms with Gasteiger partial charge < -0.3 is 0 Å². The molecule has 0 bridgehead atoms. The van der Waals surface area contributed by atoms with Crippen LogP contribution in [0.1, 0.15) is 65.1 Å². The van der Waals surface area contributed by atoms with Crippen molar-refractivity contribution < 1.29 is 0 Å². The molecule has 2 nitrogen and oxygen atoms in total. The van der Waals surface area contributed by atoms with Crippen molar-refractivity contribution in [1.82, 2.24) is 9.97 Å². The van der Waals surface area contributed by atoms with Crippen LogP contribution in [-0.4, -0.2) is 9.97 Å². The summed E-state index contributed by atoms with van der Waals surface area (Å²) in [5.41, 5.74) is 0.119. The van der Waals surface area contributed by atoms with Crippen LogP contribution in [-0.2, 0) is 5.41 Å². The number of aromatic nitrogens is 2. The molecule has 0 saturated carbocycles. The molecule has 0 aliphatic rings. The lowest BCUT2D eigenvalue weighted by molar-refractivity contribution is 0.421. The lowest BCUT2D eigenvalue weighted by Gasteiger charge is -2.22. The van der Waals surface area contributed by atoms with E-state index in [1.807, 2.05) is 18.5 Å². The van der Waals surface area contributed by atoms with Crippen LogP contribution in [0.4, 0.5) is 0 Å². The Kier molecular flexibility index (Phi) is 5.44. The van der Waals surface area contributed by atoms with Crippen LogP contribution in [0, 0.1) is 0 Å². The summed E-state index contributed by atoms with van der Waals surface area (Å²) in [6, 6.07) is 1.88. The third-order valence-corrected chi connectivity index (χ3v) is 3.08. The van der Waals surface area contributed by atoms with Crippen molar-refractivity contribution in [3.05, 3.63) is 24.3 Å². The molecule has 0 aliphatic heterocycles. The van der Waals surface area contributed by atoms with Gasteiger partial charge in [0.25, 0.3) is 0 Å². The highest BCUT2D eigenvalue weighted by molar-refractivity contribution is 5.03. The highest BCUT2D eigenvalue weighted by Crippen LogP contribution is 2.26. The molecule has 90 valence electrons. The quantitative estimate of drug-likeness (QED) is 0.646. The molecule has 0 amide bonds. The maximum absolute atomic E-state index is 4.35. The van der Waals surface area contributed by atoms with Crippen molar-refractivity contribution in [2.45, 2.75) is 64.7 Å². The van der Waals surface area contributed by atoms with Gasteiger partial charge in [0, 0.05) is 17.8 Å². The summed E-state index contributed by atoms with van der Waals surface area (Å²) in [5, 5.41) is 0. The topological polar surface area (TPSA) is 25.8 Å². The first kappa shape index (κ1) is 13.1. The van der Waals surface area contributed by atoms with Gasteiger partial charge >= 0.3 is 0 Å². The summed E-state index contributed by atoms with van der Waals surface area (Å²) < 4.78 is 0. The maximum atomic E-state index is 4.35. The minimum Gasteiger partial charge on any atom is -0.241 e. The maximum Gasteiger partial charge on any atom is 0.133 e. The fraction of sp³-hybridized carbons (Fsp3) is 0.714. The van der Waals surface area contributed by atoms with Gasteiger partial charge in [-0.15, -0.1) is 0 Å². The van der Waals surface area contributed by atoms with Crippen molar-refractivity contribution in [1.29, 1.82) is 0 Å². The Bertz CT molecular complexity index is 280. The van der Waals surface area contributed by atoms with E-state index in [0.29, 0.717) is 0 Å². The van der Waals surface area contributed by atoms with Gasteiger partial charge in [-0.3, -0.25) is 0 Å². The summed E-state index contributed by atoms with van der Waals surface area (Å²) in [7, 11) is 0. The summed E-state index contributed by atoms with van der Waals surface area (Å²) in [5.74, 6) is 0.977. The van der Waals surface area contributed by atoms with E-state index in [9.17, 15) is 0 Å². The van der Waals surface area contributed by atoms with E-state index in [1.165, 1.54) is 38.5 Å². The summed E-state index contributed by atoms with van der Waals surface area (Å²) >= 11 is 0. The molecular formula is C14H24N2. The van der Waals surface area contributed by atoms with E-state index in [4.69, 9.17) is 0 Å². The molecule has 1 aromatic heterocycles. The van der Waals surface area contributed by atoms with Crippen LogP contribution >= 0.6 is 0 Å². The third kappa shape index (κ3) is 4.30. The Morgan fingerprint density at radius 2 is 1.62 bits per heavy atom. The first-order valence-electron chi connectivity index (χ1n) is 6.44. The first-order chi connectivity index (χ1) is 7.67. The second kappa shape index (κ2) is 6.62. The monoisotopic (exact) mass is 220 g/mol. The Morgan fingerprint density at radius 3 is 2.25 bits per heavy atom. The molecule has 0 aliphatic carbocycles. The lowest BCUT2D eigenvalue weighted by atomic mass is 9.86. The SMILES string of the molecule is CCCCCCCC(C)(C)c1ncccn1. The molecule has 1 aromatic rings. The number of rotatable bonds is 7. The number of hydrogen-bond acceptors (Lipinski definition) is 2. The zero-order valence-corrected chi connectivity index (χ0v) is 10.9. The van der Waals surface area contributed by atoms with E-state index in [2.05, 4.69) is 30.7 Å². The standard InChI is InChI=1S/C14H24N2/c1-4-5-6-7-8-10-14(2,3)13-15-11-9-12-16-13/h9,11-12H,4-8,10H2,1-3H3. The second-order valence-electron chi connectivity index (χ2n) is 5.12. The fourth-order valence-corrected chi connectivity index (χ4v) is 1.93. The zero-order chi connectivity index (χ0) is 11.9. The highest BCUT2D eigenvalue weighted by atomic mass is 14.9. The largest absolute Gasteiger partial charge is 0.241 e. The Labute approximate surface area is 99.5 Å². The minimum absolute atomic E-state index is 0.119. The van der Waals surface area contributed by atoms with E-state index in [1.54, 1.807) is 0 Å². The summed E-state index contributed by atoms with van der Waals surface area (Å²) in [6.07, 6.45) is 11.5. The van der Waals surface area contributed by atoms with Crippen LogP contribution in [0.2, 0.25) is 0 Å². The lowest BCUT2D eigenvalue weighted by Crippen LogP contribution is -2.20. The van der Waals surface area contributed by atoms with E-state index in [0.717, 1.165) is 5.82 Å². The van der Waals surface area contributed by atoms with E-state index >= 15 is 0 Å². The predicted molar refractivity (Wildman–Crippen MR) is 68.4 cm³/mol. The van der Waals surface area contributed by atoms with Gasteiger partial charge in [-0.05, 0) is 12.5 Å². The molecule has 0 atom stereocenters. The average molecular weight is 220 g/mol. The van der Waals surface area contributed by atoms with Crippen LogP contribution in [0.25, 0.3) is 0 Å². The van der Waals surface area contributed by atoms with Crippen molar-refractivity contribution in [3.63, 3.8) is 0 Å². The molecule has 0 aromatic carbocycles. The number of hydrogen-bond donors (Lipinski definition) is 0. The first-order valence-corrected chi connectivity index (χ1v) is 6.44. The van der Waals surface area contributed by atoms with Gasteiger partial charge in [-0.2, -0.15) is 0 Å². The minimum atomic E-state index is 0.119. The van der Waals surface area contributed by atoms with Crippen molar-refractivity contribution in [2.24, 2.45) is 0 Å². The van der Waals surface area contributed by atoms with Crippen LogP contribution in [0.5, 0.6) is 0 Å². The predicted octanol–water partition coefficient (Wildman–Crippen LogP) is 4.11. The van der Waals surface area contributed by atoms with Gasteiger partial charge in [-0.1, -0.05) is 52.9 Å². The fourth-order valence-electron chi connectivity index (χ4n) is 1.93. The van der Waals surface area contributed by atoms with Crippen LogP contribution in [0.3, 0.4) is 0 Å². The molecule has 0 saturated heterocycles. The molecule has 2 heteroatoms. The number of unbranched alkanes of at least 4 members (excludes halogenated alkanes) is 4. The van der Waals surface area contributed by atoms with Crippen LogP contribution < -0.4 is 0 Å². The second-order valence-corrected chi connectivity index (χ2v) is 5.12. The van der Waals surface area contributed by atoms with E-state index in [-0.39, 0.29) is 5.41 Å². The highest BCUT2D eigenvalue weighted by Gasteiger charge is 2.22. The molecule has 0 unspecified atom stereocenters. The Balaban J connectivity index is 2.35. The van der Waals surface area contributed by atoms with Crippen molar-refractivity contribution in [3.8, 4) is 0 Å². The van der Waals surface area contributed by atoms with Crippen molar-refractivity contribution >= 4 is 0 Å². The van der Waals surface area contributed by atoms with Gasteiger partial charge in [0.15, 0.2) is 0 Å². The van der Waals surface area contributed by atoms with E-state index < -0.39 is 0 Å². The Morgan fingerprint density at radius 1 is 1.00 bits per heavy atom. The smallest absolute Gasteiger partial charge is 0.133 e. The summed E-state index contributed by atoms with van der Waals surface area (Å²) in [6.45, 7) is 6.73. The normalized spacial score (nSPS) is 11.7. The van der Waals surface area contributed by atoms with Crippen molar-refractivity contribution in [2.75, 3.05) is 0 Å². The van der Waals surface area contributed by atoms with Gasteiger partial charge in [0.2, 0.25) is 0 Å². The molecule has 0 radical (unpaired) electrons. The molecule has 0 spiro atoms. The molecule has 16 heavy (non-hydrogen) atoms. The molecule has 0 N–H and O–H groups in total. The zero-order valence-electron chi connectivity index (χ0n) is 10.9. The molecular weight excluding hydrogens is 196 g/mol. The molecule has 1 rings (SSSR count). The third-order valence-electron chi connectivity index (χ3n) is 3.08. The summed E-state index contributed by atoms with van der Waals surface area (Å²) in [4.78, 5) is 8.71. The number of nitrogens with zero attached hydrogens (tertiary/aromatic N) is 2. The van der Waals surface area contributed by atoms with Gasteiger partial charge in [0.05, 0.1) is 0 Å². The van der Waals surface area contributed by atoms with Gasteiger partial charge in [-0.25, -0.2) is 9.97 Å².